The minimum atomic E-state index is -0.212. The number of aryl methyl sites for hydroxylation is 1. The number of ether oxygens (including phenoxy) is 1. The van der Waals surface area contributed by atoms with E-state index in [1.165, 1.54) is 33.1 Å². The van der Waals surface area contributed by atoms with E-state index in [0.717, 1.165) is 81.0 Å². The van der Waals surface area contributed by atoms with Gasteiger partial charge in [-0.25, -0.2) is 4.98 Å². The summed E-state index contributed by atoms with van der Waals surface area (Å²) in [5.74, 6) is -0.410. The number of nitrogens with one attached hydrogen (secondary N) is 2. The molecule has 0 radical (unpaired) electrons. The number of fused-ring (bicyclic) bond motifs is 1. The molecule has 1 saturated heterocycles. The van der Waals surface area contributed by atoms with E-state index in [2.05, 4.69) is 38.7 Å². The maximum Gasteiger partial charge on any atom is 0.260 e. The zero-order valence-electron chi connectivity index (χ0n) is 22.3. The first-order chi connectivity index (χ1) is 19.6. The van der Waals surface area contributed by atoms with E-state index in [-0.39, 0.29) is 11.8 Å². The Balaban J connectivity index is 1.18. The Hall–Kier alpha value is -3.37. The summed E-state index contributed by atoms with van der Waals surface area (Å²) in [6.07, 6.45) is 6.51. The van der Waals surface area contributed by atoms with Gasteiger partial charge < -0.3 is 10.1 Å². The maximum atomic E-state index is 13.6. The van der Waals surface area contributed by atoms with Crippen molar-refractivity contribution in [1.82, 2.24) is 9.88 Å². The molecular formula is C31H32N4O3S2. The molecule has 6 rings (SSSR count). The lowest BCUT2D eigenvalue weighted by Gasteiger charge is -2.26. The van der Waals surface area contributed by atoms with Crippen LogP contribution < -0.4 is 10.6 Å². The molecule has 40 heavy (non-hydrogen) atoms. The third-order valence-electron chi connectivity index (χ3n) is 7.32. The fraction of sp³-hybridized carbons (Fsp3) is 0.323. The lowest BCUT2D eigenvalue weighted by atomic mass is 9.95. The number of rotatable bonds is 8. The van der Waals surface area contributed by atoms with Gasteiger partial charge >= 0.3 is 0 Å². The second-order valence-corrected chi connectivity index (χ2v) is 12.4. The van der Waals surface area contributed by atoms with Crippen molar-refractivity contribution < 1.29 is 14.3 Å². The lowest BCUT2D eigenvalue weighted by Crippen LogP contribution is -2.35. The zero-order chi connectivity index (χ0) is 27.3. The fourth-order valence-corrected chi connectivity index (χ4v) is 7.43. The molecule has 0 bridgehead atoms. The van der Waals surface area contributed by atoms with Crippen LogP contribution >= 0.6 is 22.7 Å². The number of nitrogens with zero attached hydrogens (tertiary/aromatic N) is 2. The van der Waals surface area contributed by atoms with Gasteiger partial charge in [0.2, 0.25) is 0 Å². The molecule has 2 amide bonds. The number of morpholine rings is 1. The second-order valence-electron chi connectivity index (χ2n) is 10.2. The normalized spacial score (nSPS) is 15.4. The number of anilines is 2. The molecule has 0 unspecified atom stereocenters. The van der Waals surface area contributed by atoms with Crippen molar-refractivity contribution in [3.05, 3.63) is 98.4 Å². The standard InChI is InChI=1S/C31H32N4O3S2/c36-28(23-10-6-9-22(17-23)20-35-13-15-38-16-14-35)33-30-27(25-11-4-5-12-26(25)40-30)29(37)34-31-32-19-24(39-31)18-21-7-2-1-3-8-21/h1-3,6-10,17,19H,4-5,11-16,18,20H2,(H,33,36)(H,32,34,37). The minimum absolute atomic E-state index is 0.198. The summed E-state index contributed by atoms with van der Waals surface area (Å²) in [6, 6.07) is 18.0. The van der Waals surface area contributed by atoms with Crippen molar-refractivity contribution in [3.63, 3.8) is 0 Å². The van der Waals surface area contributed by atoms with Gasteiger partial charge in [-0.15, -0.1) is 22.7 Å². The minimum Gasteiger partial charge on any atom is -0.379 e. The highest BCUT2D eigenvalue weighted by Gasteiger charge is 2.27. The first-order valence-electron chi connectivity index (χ1n) is 13.8. The smallest absolute Gasteiger partial charge is 0.260 e. The summed E-state index contributed by atoms with van der Waals surface area (Å²) in [4.78, 5) is 36.1. The lowest BCUT2D eigenvalue weighted by molar-refractivity contribution is 0.0342. The molecule has 0 atom stereocenters. The molecule has 0 spiro atoms. The van der Waals surface area contributed by atoms with Crippen LogP contribution in [0.5, 0.6) is 0 Å². The van der Waals surface area contributed by atoms with Gasteiger partial charge in [-0.3, -0.25) is 19.8 Å². The molecule has 1 aliphatic heterocycles. The number of carbonyl (C=O) groups is 2. The second kappa shape index (κ2) is 12.4. The number of hydrogen-bond donors (Lipinski definition) is 2. The van der Waals surface area contributed by atoms with Crippen LogP contribution in [0.3, 0.4) is 0 Å². The van der Waals surface area contributed by atoms with Gasteiger partial charge in [-0.05, 0) is 54.5 Å². The van der Waals surface area contributed by atoms with Gasteiger partial charge in [0.1, 0.15) is 5.00 Å². The molecule has 2 N–H and O–H groups in total. The fourth-order valence-electron chi connectivity index (χ4n) is 5.30. The first kappa shape index (κ1) is 26.8. The van der Waals surface area contributed by atoms with Crippen molar-refractivity contribution in [2.75, 3.05) is 36.9 Å². The average Bonchev–Trinajstić information content (AvgIpc) is 3.57. The first-order valence-corrected chi connectivity index (χ1v) is 15.4. The predicted octanol–water partition coefficient (Wildman–Crippen LogP) is 6.01. The topological polar surface area (TPSA) is 83.6 Å². The SMILES string of the molecule is O=C(Nc1sc2c(c1C(=O)Nc1ncc(Cc3ccccc3)s1)CCCC2)c1cccc(CN2CCOCC2)c1. The Morgan fingerprint density at radius 1 is 0.900 bits per heavy atom. The molecule has 2 aliphatic rings. The van der Waals surface area contributed by atoms with E-state index < -0.39 is 0 Å². The van der Waals surface area contributed by atoms with E-state index in [4.69, 9.17) is 4.74 Å². The summed E-state index contributed by atoms with van der Waals surface area (Å²) in [7, 11) is 0. The van der Waals surface area contributed by atoms with Gasteiger partial charge in [-0.1, -0.05) is 42.5 Å². The van der Waals surface area contributed by atoms with Crippen LogP contribution in [0.2, 0.25) is 0 Å². The molecule has 1 fully saturated rings. The summed E-state index contributed by atoms with van der Waals surface area (Å²) in [5, 5.41) is 7.29. The number of amides is 2. The van der Waals surface area contributed by atoms with Gasteiger partial charge in [0.05, 0.1) is 18.8 Å². The van der Waals surface area contributed by atoms with Crippen LogP contribution in [0.25, 0.3) is 0 Å². The molecule has 3 heterocycles. The molecule has 9 heteroatoms. The Morgan fingerprint density at radius 2 is 1.70 bits per heavy atom. The Labute approximate surface area is 242 Å². The third kappa shape index (κ3) is 6.33. The van der Waals surface area contributed by atoms with Crippen LogP contribution in [0.1, 0.15) is 60.0 Å². The number of hydrogen-bond acceptors (Lipinski definition) is 7. The van der Waals surface area contributed by atoms with Crippen LogP contribution in [0.4, 0.5) is 10.1 Å². The predicted molar refractivity (Wildman–Crippen MR) is 161 cm³/mol. The summed E-state index contributed by atoms with van der Waals surface area (Å²) < 4.78 is 5.45. The molecule has 2 aromatic heterocycles. The molecule has 2 aromatic carbocycles. The van der Waals surface area contributed by atoms with Crippen molar-refractivity contribution in [2.45, 2.75) is 38.6 Å². The van der Waals surface area contributed by atoms with E-state index in [1.54, 1.807) is 0 Å². The molecular weight excluding hydrogens is 541 g/mol. The van der Waals surface area contributed by atoms with Crippen molar-refractivity contribution in [1.29, 1.82) is 0 Å². The number of aromatic nitrogens is 1. The average molecular weight is 573 g/mol. The summed E-state index contributed by atoms with van der Waals surface area (Å²) in [5.41, 5.74) is 4.53. The van der Waals surface area contributed by atoms with Gasteiger partial charge in [0.25, 0.3) is 11.8 Å². The number of thiophene rings is 1. The van der Waals surface area contributed by atoms with Crippen LogP contribution in [-0.4, -0.2) is 48.0 Å². The van der Waals surface area contributed by atoms with E-state index in [0.29, 0.717) is 21.3 Å². The summed E-state index contributed by atoms with van der Waals surface area (Å²) in [6.45, 7) is 4.04. The highest BCUT2D eigenvalue weighted by molar-refractivity contribution is 7.17. The molecule has 1 aliphatic carbocycles. The Morgan fingerprint density at radius 3 is 2.55 bits per heavy atom. The molecule has 4 aromatic rings. The van der Waals surface area contributed by atoms with Crippen LogP contribution in [0.15, 0.2) is 60.8 Å². The highest BCUT2D eigenvalue weighted by Crippen LogP contribution is 2.39. The van der Waals surface area contributed by atoms with E-state index in [9.17, 15) is 9.59 Å². The Bertz CT molecular complexity index is 1490. The summed E-state index contributed by atoms with van der Waals surface area (Å²) >= 11 is 3.02. The molecule has 7 nitrogen and oxygen atoms in total. The van der Waals surface area contributed by atoms with Crippen molar-refractivity contribution in [3.8, 4) is 0 Å². The van der Waals surface area contributed by atoms with Crippen molar-refractivity contribution >= 4 is 44.6 Å². The zero-order valence-corrected chi connectivity index (χ0v) is 23.9. The number of thiazole rings is 1. The van der Waals surface area contributed by atoms with E-state index in [1.807, 2.05) is 42.6 Å². The number of carbonyl (C=O) groups excluding carboxylic acids is 2. The van der Waals surface area contributed by atoms with Gasteiger partial charge in [0.15, 0.2) is 5.13 Å². The van der Waals surface area contributed by atoms with Crippen LogP contribution in [-0.2, 0) is 30.5 Å². The third-order valence-corrected chi connectivity index (χ3v) is 9.44. The Kier molecular flexibility index (Phi) is 8.34. The highest BCUT2D eigenvalue weighted by atomic mass is 32.1. The number of benzene rings is 2. The van der Waals surface area contributed by atoms with Gasteiger partial charge in [0, 0.05) is 47.6 Å². The largest absolute Gasteiger partial charge is 0.379 e. The molecule has 206 valence electrons. The van der Waals surface area contributed by atoms with E-state index >= 15 is 0 Å². The molecule has 0 saturated carbocycles. The quantitative estimate of drug-likeness (QED) is 0.270. The van der Waals surface area contributed by atoms with Crippen molar-refractivity contribution in [2.24, 2.45) is 0 Å². The van der Waals surface area contributed by atoms with Gasteiger partial charge in [-0.2, -0.15) is 0 Å². The monoisotopic (exact) mass is 572 g/mol. The van der Waals surface area contributed by atoms with Crippen LogP contribution in [0, 0.1) is 0 Å². The maximum absolute atomic E-state index is 13.6.